The van der Waals surface area contributed by atoms with Gasteiger partial charge in [-0.05, 0) is 6.42 Å². The van der Waals surface area contributed by atoms with Crippen LogP contribution in [0.3, 0.4) is 0 Å². The Morgan fingerprint density at radius 2 is 1.69 bits per heavy atom. The molecule has 5 saturated heterocycles. The smallest absolute Gasteiger partial charge is 0.385 e. The molecule has 3 aromatic rings. The van der Waals surface area contributed by atoms with Crippen LogP contribution in [-0.4, -0.2) is 151 Å². The molecule has 48 heavy (non-hydrogen) atoms. The molecular weight excluding hydrogens is 634 g/mol. The second-order valence-corrected chi connectivity index (χ2v) is 12.4. The second-order valence-electron chi connectivity index (χ2n) is 12.4. The Kier molecular flexibility index (Phi) is 7.31. The van der Waals surface area contributed by atoms with Crippen LogP contribution in [0.15, 0.2) is 12.4 Å². The Morgan fingerprint density at radius 1 is 0.958 bits per heavy atom. The molecule has 5 fully saturated rings. The van der Waals surface area contributed by atoms with Gasteiger partial charge < -0.3 is 38.7 Å². The highest BCUT2D eigenvalue weighted by atomic mass is 16.8. The summed E-state index contributed by atoms with van der Waals surface area (Å²) in [5, 5.41) is 15.3. The average Bonchev–Trinajstić information content (AvgIpc) is 3.70. The molecule has 5 aliphatic rings. The summed E-state index contributed by atoms with van der Waals surface area (Å²) >= 11 is 0. The number of hydrogen-bond acceptors (Lipinski definition) is 16. The van der Waals surface area contributed by atoms with Crippen molar-refractivity contribution in [2.24, 2.45) is 7.05 Å². The number of amides is 1. The lowest BCUT2D eigenvalue weighted by molar-refractivity contribution is -0.335. The zero-order chi connectivity index (χ0) is 33.2. The van der Waals surface area contributed by atoms with E-state index in [-0.39, 0.29) is 24.4 Å². The number of fused-ring (bicyclic) bond motifs is 3. The van der Waals surface area contributed by atoms with E-state index in [1.165, 1.54) is 0 Å². The number of H-pyrrole nitrogens is 1. The Morgan fingerprint density at radius 3 is 2.42 bits per heavy atom. The van der Waals surface area contributed by atoms with E-state index in [2.05, 4.69) is 20.1 Å². The highest BCUT2D eigenvalue weighted by molar-refractivity contribution is 5.98. The van der Waals surface area contributed by atoms with E-state index in [0.717, 1.165) is 4.90 Å². The largest absolute Gasteiger partial charge is 0.450 e. The van der Waals surface area contributed by atoms with Crippen molar-refractivity contribution in [3.8, 4) is 11.4 Å². The first kappa shape index (κ1) is 30.6. The van der Waals surface area contributed by atoms with E-state index >= 15 is 0 Å². The first-order valence-corrected chi connectivity index (χ1v) is 15.7. The molecule has 19 heteroatoms. The number of nitrogens with zero attached hydrogens (tertiary/aromatic N) is 8. The summed E-state index contributed by atoms with van der Waals surface area (Å²) in [7, 11) is 1.77. The molecule has 1 spiro atoms. The molecule has 4 unspecified atom stereocenters. The monoisotopic (exact) mass is 667 g/mol. The van der Waals surface area contributed by atoms with E-state index in [4.69, 9.17) is 28.7 Å². The lowest BCUT2D eigenvalue weighted by atomic mass is 9.92. The normalized spacial score (nSPS) is 29.8. The van der Waals surface area contributed by atoms with Crippen LogP contribution in [0.1, 0.15) is 29.9 Å². The van der Waals surface area contributed by atoms with E-state index in [9.17, 15) is 24.3 Å². The predicted molar refractivity (Wildman–Crippen MR) is 158 cm³/mol. The van der Waals surface area contributed by atoms with Crippen molar-refractivity contribution >= 4 is 40.8 Å². The molecule has 3 aromatic heterocycles. The lowest BCUT2D eigenvalue weighted by Gasteiger charge is -2.52. The third-order valence-electron chi connectivity index (χ3n) is 9.31. The zero-order valence-corrected chi connectivity index (χ0v) is 26.0. The predicted octanol–water partition coefficient (Wildman–Crippen LogP) is -1.67. The maximum absolute atomic E-state index is 14.5. The minimum atomic E-state index is -2.54. The number of morpholine rings is 2. The summed E-state index contributed by atoms with van der Waals surface area (Å²) in [5.41, 5.74) is -1.34. The van der Waals surface area contributed by atoms with E-state index in [1.54, 1.807) is 24.1 Å². The van der Waals surface area contributed by atoms with Crippen molar-refractivity contribution in [1.29, 1.82) is 0 Å². The third kappa shape index (κ3) is 5.04. The summed E-state index contributed by atoms with van der Waals surface area (Å²) in [6.45, 7) is 3.63. The highest BCUT2D eigenvalue weighted by Gasteiger charge is 2.68. The van der Waals surface area contributed by atoms with Gasteiger partial charge in [0.05, 0.1) is 57.1 Å². The van der Waals surface area contributed by atoms with Crippen LogP contribution in [-0.2, 0) is 45.1 Å². The van der Waals surface area contributed by atoms with Gasteiger partial charge in [0.25, 0.3) is 5.91 Å². The van der Waals surface area contributed by atoms with Crippen LogP contribution in [0.2, 0.25) is 0 Å². The van der Waals surface area contributed by atoms with Crippen LogP contribution >= 0.6 is 0 Å². The molecule has 5 aliphatic heterocycles. The van der Waals surface area contributed by atoms with Crippen molar-refractivity contribution in [2.45, 2.75) is 42.9 Å². The van der Waals surface area contributed by atoms with Crippen molar-refractivity contribution < 1.29 is 48.0 Å². The number of rotatable bonds is 4. The average molecular weight is 668 g/mol. The standard InChI is InChI=1S/C29H33N9O10/c1-35-15-16(14-30-35)22-32-23-20(25(34-22)37-6-10-45-11-7-37)31-24(33-23)26(41)38-3-2-17(36-4-8-44-9-5-36)21-29(38)47-19(40)13-28(43,27(42)48-29)12-18(39)46-21/h14-15,17,21,43H,2-13H2,1H3,(H,31,32,33,34). The molecular formula is C29H33N9O10. The Hall–Kier alpha value is -4.72. The maximum atomic E-state index is 14.5. The summed E-state index contributed by atoms with van der Waals surface area (Å²) in [6, 6.07) is -0.622. The van der Waals surface area contributed by atoms with Crippen molar-refractivity contribution in [1.82, 2.24) is 39.5 Å². The number of piperidine rings is 1. The fourth-order valence-electron chi connectivity index (χ4n) is 6.97. The maximum Gasteiger partial charge on any atom is 0.385 e. The van der Waals surface area contributed by atoms with Crippen LogP contribution in [0.25, 0.3) is 22.6 Å². The minimum absolute atomic E-state index is 0.0894. The molecule has 254 valence electrons. The highest BCUT2D eigenvalue weighted by Crippen LogP contribution is 2.43. The Bertz CT molecular complexity index is 1800. The number of nitrogens with one attached hydrogen (secondary N) is 1. The van der Waals surface area contributed by atoms with Gasteiger partial charge in [0.15, 0.2) is 28.7 Å². The lowest BCUT2D eigenvalue weighted by Crippen LogP contribution is -2.74. The number of esters is 3. The number of anilines is 1. The molecule has 4 atom stereocenters. The van der Waals surface area contributed by atoms with Crippen LogP contribution in [0.4, 0.5) is 5.82 Å². The molecule has 8 heterocycles. The first-order chi connectivity index (χ1) is 23.1. The third-order valence-corrected chi connectivity index (χ3v) is 9.31. The molecule has 2 bridgehead atoms. The summed E-state index contributed by atoms with van der Waals surface area (Å²) in [4.78, 5) is 76.5. The van der Waals surface area contributed by atoms with Gasteiger partial charge in [0.2, 0.25) is 6.10 Å². The summed E-state index contributed by atoms with van der Waals surface area (Å²) in [6.07, 6.45) is 0.513. The molecule has 1 amide bonds. The molecule has 0 radical (unpaired) electrons. The van der Waals surface area contributed by atoms with Gasteiger partial charge in [-0.25, -0.2) is 19.7 Å². The number of aryl methyl sites for hydroxylation is 1. The number of carbonyl (C=O) groups excluding carboxylic acids is 4. The van der Waals surface area contributed by atoms with E-state index < -0.39 is 60.3 Å². The van der Waals surface area contributed by atoms with E-state index in [1.807, 2.05) is 9.80 Å². The SMILES string of the molecule is Cn1cc(-c2nc(N3CCOCC3)c3[nH]c(C(=O)N4CCC(N5CCOCC5)C5OC(=O)CC6(O)CC(=O)OC54OC6=O)nc3n2)cn1. The molecule has 8 rings (SSSR count). The molecule has 0 aliphatic carbocycles. The quantitative estimate of drug-likeness (QED) is 0.297. The summed E-state index contributed by atoms with van der Waals surface area (Å²) in [5.74, 6) is -6.00. The van der Waals surface area contributed by atoms with Gasteiger partial charge in [0, 0.05) is 46.0 Å². The molecule has 0 saturated carbocycles. The number of hydrogen-bond donors (Lipinski definition) is 2. The first-order valence-electron chi connectivity index (χ1n) is 15.7. The van der Waals surface area contributed by atoms with Gasteiger partial charge >= 0.3 is 23.8 Å². The number of aromatic nitrogens is 6. The fourth-order valence-corrected chi connectivity index (χ4v) is 6.97. The second kappa shape index (κ2) is 11.5. The fraction of sp³-hybridized carbons (Fsp3) is 0.586. The minimum Gasteiger partial charge on any atom is -0.450 e. The number of aromatic amines is 1. The molecule has 0 aromatic carbocycles. The van der Waals surface area contributed by atoms with Crippen LogP contribution in [0, 0.1) is 0 Å². The van der Waals surface area contributed by atoms with Gasteiger partial charge in [-0.15, -0.1) is 0 Å². The number of imidazole rings is 1. The van der Waals surface area contributed by atoms with Gasteiger partial charge in [-0.2, -0.15) is 5.10 Å². The van der Waals surface area contributed by atoms with Crippen LogP contribution in [0.5, 0.6) is 0 Å². The van der Waals surface area contributed by atoms with Crippen LogP contribution < -0.4 is 4.90 Å². The Labute approximate surface area is 272 Å². The zero-order valence-electron chi connectivity index (χ0n) is 26.0. The molecule has 19 nitrogen and oxygen atoms in total. The van der Waals surface area contributed by atoms with Crippen molar-refractivity contribution in [3.05, 3.63) is 18.2 Å². The molecule has 2 N–H and O–H groups in total. The Balaban J connectivity index is 1.23. The topological polar surface area (TPSA) is 217 Å². The van der Waals surface area contributed by atoms with E-state index in [0.29, 0.717) is 75.3 Å². The van der Waals surface area contributed by atoms with Gasteiger partial charge in [-0.1, -0.05) is 0 Å². The summed E-state index contributed by atoms with van der Waals surface area (Å²) < 4.78 is 30.1. The van der Waals surface area contributed by atoms with Gasteiger partial charge in [0.1, 0.15) is 5.52 Å². The number of likely N-dealkylation sites (tertiary alicyclic amines) is 1. The number of carbonyl (C=O) groups is 4. The van der Waals surface area contributed by atoms with Crippen molar-refractivity contribution in [3.63, 3.8) is 0 Å². The van der Waals surface area contributed by atoms with Gasteiger partial charge in [-0.3, -0.25) is 28.9 Å². The number of ether oxygens (including phenoxy) is 5. The number of aliphatic hydroxyl groups is 1. The van der Waals surface area contributed by atoms with Crippen molar-refractivity contribution in [2.75, 3.05) is 64.1 Å².